The number of amides is 2. The molecule has 0 aromatic heterocycles. The molecule has 2 aliphatic rings. The summed E-state index contributed by atoms with van der Waals surface area (Å²) >= 11 is 0. The second kappa shape index (κ2) is 18.6. The van der Waals surface area contributed by atoms with Gasteiger partial charge in [0.2, 0.25) is 5.91 Å². The molecule has 0 aliphatic carbocycles. The number of fused-ring (bicyclic) bond motifs is 1. The normalized spacial score (nSPS) is 20.1. The van der Waals surface area contributed by atoms with Crippen LogP contribution in [0.15, 0.2) is 60.0 Å². The fraction of sp³-hybridized carbons (Fsp3) is 0.514. The second-order valence-electron chi connectivity index (χ2n) is 12.5. The Balaban J connectivity index is 0.000000329. The van der Waals surface area contributed by atoms with Gasteiger partial charge in [-0.15, -0.1) is 10.3 Å². The summed E-state index contributed by atoms with van der Waals surface area (Å²) in [7, 11) is -1.96. The van der Waals surface area contributed by atoms with E-state index in [1.807, 2.05) is 32.0 Å². The minimum absolute atomic E-state index is 0.159. The SMILES string of the molecule is C/C=C(\C=C/S(C)(O)CC)c1ccc(C(O)(C(F)(F)F)C(F)(F)F)cc1.CCCC.CCCN1C(=O)CNC(C)(c2ccc3c(c2)COCO3)C1=O. The van der Waals surface area contributed by atoms with Crippen molar-refractivity contribution in [3.05, 3.63) is 82.3 Å². The van der Waals surface area contributed by atoms with E-state index in [0.29, 0.717) is 42.2 Å². The number of carbonyl (C=O) groups is 2. The first kappa shape index (κ1) is 44.8. The predicted molar refractivity (Wildman–Crippen MR) is 192 cm³/mol. The lowest BCUT2D eigenvalue weighted by molar-refractivity contribution is -0.376. The summed E-state index contributed by atoms with van der Waals surface area (Å²) in [6.07, 6.45) is -3.63. The van der Waals surface area contributed by atoms with Crippen LogP contribution in [0.5, 0.6) is 5.75 Å². The summed E-state index contributed by atoms with van der Waals surface area (Å²) in [5, 5.41) is 14.0. The summed E-state index contributed by atoms with van der Waals surface area (Å²) in [6.45, 7) is 12.9. The van der Waals surface area contributed by atoms with E-state index in [2.05, 4.69) is 19.2 Å². The largest absolute Gasteiger partial charge is 0.467 e. The molecule has 3 N–H and O–H groups in total. The molecule has 2 aliphatic heterocycles. The number of imide groups is 1. The van der Waals surface area contributed by atoms with Crippen molar-refractivity contribution in [2.75, 3.05) is 31.9 Å². The first-order valence-corrected chi connectivity index (χ1v) is 19.1. The highest BCUT2D eigenvalue weighted by Gasteiger charge is 2.71. The summed E-state index contributed by atoms with van der Waals surface area (Å²) in [5.41, 5.74) is -4.56. The molecule has 2 unspecified atom stereocenters. The van der Waals surface area contributed by atoms with Gasteiger partial charge in [0.25, 0.3) is 11.5 Å². The van der Waals surface area contributed by atoms with Crippen LogP contribution in [-0.4, -0.2) is 70.6 Å². The summed E-state index contributed by atoms with van der Waals surface area (Å²) < 4.78 is 98.0. The van der Waals surface area contributed by atoms with E-state index in [4.69, 9.17) is 9.47 Å². The van der Waals surface area contributed by atoms with Gasteiger partial charge in [-0.1, -0.05) is 76.9 Å². The van der Waals surface area contributed by atoms with Gasteiger partial charge < -0.3 is 19.1 Å². The van der Waals surface area contributed by atoms with Gasteiger partial charge in [0.05, 0.1) is 13.2 Å². The molecule has 52 heavy (non-hydrogen) atoms. The maximum Gasteiger partial charge on any atom is 0.430 e. The van der Waals surface area contributed by atoms with Gasteiger partial charge in [-0.2, -0.15) is 26.3 Å². The summed E-state index contributed by atoms with van der Waals surface area (Å²) in [4.78, 5) is 26.1. The topological polar surface area (TPSA) is 108 Å². The molecule has 1 saturated heterocycles. The van der Waals surface area contributed by atoms with Crippen LogP contribution in [0.25, 0.3) is 5.57 Å². The van der Waals surface area contributed by atoms with Crippen LogP contribution in [0.4, 0.5) is 26.3 Å². The monoisotopic (exact) mass is 764 g/mol. The molecule has 4 rings (SSSR count). The quantitative estimate of drug-likeness (QED) is 0.133. The highest BCUT2D eigenvalue weighted by Crippen LogP contribution is 2.50. The molecular formula is C37H50F6N2O6S. The zero-order valence-electron chi connectivity index (χ0n) is 30.6. The molecule has 2 aromatic rings. The average Bonchev–Trinajstić information content (AvgIpc) is 3.11. The fourth-order valence-electron chi connectivity index (χ4n) is 4.95. The van der Waals surface area contributed by atoms with E-state index in [1.54, 1.807) is 37.7 Å². The van der Waals surface area contributed by atoms with Crippen molar-refractivity contribution in [2.24, 2.45) is 0 Å². The smallest absolute Gasteiger partial charge is 0.430 e. The number of ether oxygens (including phenoxy) is 2. The lowest BCUT2D eigenvalue weighted by Gasteiger charge is -2.39. The molecule has 2 amide bonds. The number of aliphatic hydroxyl groups is 1. The maximum atomic E-state index is 12.9. The van der Waals surface area contributed by atoms with Crippen molar-refractivity contribution in [3.8, 4) is 5.75 Å². The molecular weight excluding hydrogens is 714 g/mol. The number of rotatable bonds is 9. The number of carbonyl (C=O) groups excluding carboxylic acids is 2. The first-order chi connectivity index (χ1) is 24.2. The molecule has 0 spiro atoms. The third-order valence-electron chi connectivity index (χ3n) is 8.60. The van der Waals surface area contributed by atoms with Crippen LogP contribution in [0.2, 0.25) is 0 Å². The Labute approximate surface area is 303 Å². The van der Waals surface area contributed by atoms with Crippen LogP contribution in [0, 0.1) is 0 Å². The van der Waals surface area contributed by atoms with Crippen LogP contribution in [0.1, 0.15) is 83.1 Å². The van der Waals surface area contributed by atoms with E-state index in [1.165, 1.54) is 17.7 Å². The Morgan fingerprint density at radius 1 is 0.981 bits per heavy atom. The zero-order chi connectivity index (χ0) is 39.5. The summed E-state index contributed by atoms with van der Waals surface area (Å²) in [5.74, 6) is 0.907. The number of allylic oxidation sites excluding steroid dienone is 3. The standard InChI is InChI=1S/C17H20F6O2S.C16H20N2O4.C4H10/c1-4-12(10-11-26(3,25)5-2)13-6-8-14(9-7-13)15(24,16(18,19)20)17(21,22)23;1-3-6-18-14(19)8-17-16(2,15(18)20)12-4-5-13-11(7-12)9-21-10-22-13;1-3-4-2/h4,6-11,24-25H,5H2,1-3H3;4-5,7,17H,3,6,8-10H2,1-2H3;3-4H2,1-2H3/b11-10-,12-4+;;. The number of benzene rings is 2. The van der Waals surface area contributed by atoms with Crippen LogP contribution >= 0.6 is 10.3 Å². The Hall–Kier alpha value is -3.37. The molecule has 0 saturated carbocycles. The van der Waals surface area contributed by atoms with E-state index in [0.717, 1.165) is 35.4 Å². The number of alkyl halides is 6. The predicted octanol–water partition coefficient (Wildman–Crippen LogP) is 8.79. The number of halogens is 6. The second-order valence-corrected chi connectivity index (χ2v) is 15.6. The third kappa shape index (κ3) is 10.6. The van der Waals surface area contributed by atoms with Gasteiger partial charge >= 0.3 is 12.4 Å². The van der Waals surface area contributed by atoms with Crippen molar-refractivity contribution in [1.29, 1.82) is 0 Å². The molecule has 15 heteroatoms. The van der Waals surface area contributed by atoms with E-state index in [-0.39, 0.29) is 25.2 Å². The van der Waals surface area contributed by atoms with Crippen LogP contribution in [0.3, 0.4) is 0 Å². The lowest BCUT2D eigenvalue weighted by Crippen LogP contribution is -2.63. The molecule has 2 heterocycles. The number of hydrogen-bond acceptors (Lipinski definition) is 7. The minimum Gasteiger partial charge on any atom is -0.467 e. The van der Waals surface area contributed by atoms with Crippen molar-refractivity contribution >= 4 is 27.7 Å². The fourth-order valence-corrected chi connectivity index (χ4v) is 5.58. The Bertz CT molecular complexity index is 1540. The van der Waals surface area contributed by atoms with E-state index in [9.17, 15) is 45.6 Å². The first-order valence-electron chi connectivity index (χ1n) is 16.9. The molecule has 1 fully saturated rings. The van der Waals surface area contributed by atoms with Crippen LogP contribution in [-0.2, 0) is 32.1 Å². The Morgan fingerprint density at radius 3 is 2.08 bits per heavy atom. The van der Waals surface area contributed by atoms with E-state index < -0.39 is 39.4 Å². The van der Waals surface area contributed by atoms with Crippen molar-refractivity contribution in [1.82, 2.24) is 10.2 Å². The molecule has 2 aromatic carbocycles. The Morgan fingerprint density at radius 2 is 1.58 bits per heavy atom. The molecule has 8 nitrogen and oxygen atoms in total. The van der Waals surface area contributed by atoms with Crippen molar-refractivity contribution < 1.29 is 55.1 Å². The van der Waals surface area contributed by atoms with Gasteiger partial charge in [0, 0.05) is 17.7 Å². The maximum absolute atomic E-state index is 12.9. The highest BCUT2D eigenvalue weighted by atomic mass is 32.3. The van der Waals surface area contributed by atoms with Gasteiger partial charge in [-0.25, -0.2) is 0 Å². The van der Waals surface area contributed by atoms with Crippen LogP contribution < -0.4 is 10.1 Å². The molecule has 0 radical (unpaired) electrons. The molecule has 292 valence electrons. The van der Waals surface area contributed by atoms with Gasteiger partial charge in [-0.05, 0) is 72.6 Å². The van der Waals surface area contributed by atoms with Gasteiger partial charge in [-0.3, -0.25) is 19.8 Å². The number of unbranched alkanes of at least 4 members (excludes halogenated alkanes) is 1. The molecule has 0 bridgehead atoms. The van der Waals surface area contributed by atoms with Gasteiger partial charge in [0.15, 0.2) is 6.79 Å². The average molecular weight is 765 g/mol. The lowest BCUT2D eigenvalue weighted by atomic mass is 9.87. The Kier molecular flexibility index (Phi) is 16.0. The number of nitrogens with one attached hydrogen (secondary N) is 1. The summed E-state index contributed by atoms with van der Waals surface area (Å²) in [6, 6.07) is 8.96. The van der Waals surface area contributed by atoms with Gasteiger partial charge in [0.1, 0.15) is 11.3 Å². The number of nitrogens with zero attached hydrogens (tertiary/aromatic N) is 1. The number of hydrogen-bond donors (Lipinski definition) is 3. The highest BCUT2D eigenvalue weighted by molar-refractivity contribution is 8.30. The van der Waals surface area contributed by atoms with Crippen molar-refractivity contribution in [2.45, 2.75) is 90.9 Å². The van der Waals surface area contributed by atoms with E-state index >= 15 is 0 Å². The molecule has 2 atom stereocenters. The minimum atomic E-state index is -5.92. The number of piperazine rings is 1. The third-order valence-corrected chi connectivity index (χ3v) is 10.5. The van der Waals surface area contributed by atoms with Crippen molar-refractivity contribution in [3.63, 3.8) is 0 Å². The zero-order valence-corrected chi connectivity index (χ0v) is 31.4.